The Kier molecular flexibility index (Phi) is 7.46. The molecular formula is C27H29ClFN3O5. The SMILES string of the molecule is O=C(NC[C@@H]1CCCO1)[C@H]1COC2(CCN(C(=O)c3ccc(Cl)cc3)CC2)N1C(=O)c1cccc(F)c1. The number of likely N-dealkylation sites (tertiary alicyclic amines) is 1. The largest absolute Gasteiger partial charge is 0.376 e. The van der Waals surface area contributed by atoms with Crippen LogP contribution in [0, 0.1) is 5.82 Å². The fourth-order valence-electron chi connectivity index (χ4n) is 5.30. The number of benzene rings is 2. The molecule has 0 aromatic heterocycles. The number of amides is 3. The van der Waals surface area contributed by atoms with E-state index < -0.39 is 23.5 Å². The zero-order valence-corrected chi connectivity index (χ0v) is 21.1. The number of piperidine rings is 1. The third kappa shape index (κ3) is 5.35. The van der Waals surface area contributed by atoms with E-state index in [2.05, 4.69) is 5.32 Å². The van der Waals surface area contributed by atoms with Gasteiger partial charge < -0.3 is 19.7 Å². The van der Waals surface area contributed by atoms with Gasteiger partial charge in [0.05, 0.1) is 12.7 Å². The Labute approximate surface area is 219 Å². The van der Waals surface area contributed by atoms with Crippen molar-refractivity contribution < 1.29 is 28.2 Å². The highest BCUT2D eigenvalue weighted by Gasteiger charge is 2.54. The van der Waals surface area contributed by atoms with Gasteiger partial charge >= 0.3 is 0 Å². The molecule has 0 radical (unpaired) electrons. The van der Waals surface area contributed by atoms with Crippen LogP contribution in [0.2, 0.25) is 5.02 Å². The number of hydrogen-bond acceptors (Lipinski definition) is 5. The van der Waals surface area contributed by atoms with Crippen LogP contribution in [0.4, 0.5) is 4.39 Å². The summed E-state index contributed by atoms with van der Waals surface area (Å²) >= 11 is 5.95. The van der Waals surface area contributed by atoms with E-state index in [0.29, 0.717) is 49.7 Å². The molecule has 8 nitrogen and oxygen atoms in total. The Morgan fingerprint density at radius 1 is 1.05 bits per heavy atom. The number of carbonyl (C=O) groups is 3. The number of nitrogens with one attached hydrogen (secondary N) is 1. The summed E-state index contributed by atoms with van der Waals surface area (Å²) in [6.45, 7) is 1.71. The molecule has 3 fully saturated rings. The smallest absolute Gasteiger partial charge is 0.256 e. The van der Waals surface area contributed by atoms with Gasteiger partial charge in [-0.25, -0.2) is 4.39 Å². The van der Waals surface area contributed by atoms with Crippen molar-refractivity contribution in [2.75, 3.05) is 32.8 Å². The Hall–Kier alpha value is -3.01. The predicted octanol–water partition coefficient (Wildman–Crippen LogP) is 3.25. The van der Waals surface area contributed by atoms with E-state index in [1.165, 1.54) is 23.1 Å². The molecule has 0 unspecified atom stereocenters. The van der Waals surface area contributed by atoms with Gasteiger partial charge in [0.15, 0.2) is 0 Å². The molecule has 5 rings (SSSR count). The first-order valence-corrected chi connectivity index (χ1v) is 12.9. The van der Waals surface area contributed by atoms with Crippen molar-refractivity contribution in [2.24, 2.45) is 0 Å². The lowest BCUT2D eigenvalue weighted by molar-refractivity contribution is -0.128. The summed E-state index contributed by atoms with van der Waals surface area (Å²) in [7, 11) is 0. The van der Waals surface area contributed by atoms with Crippen LogP contribution in [0.25, 0.3) is 0 Å². The minimum atomic E-state index is -1.08. The monoisotopic (exact) mass is 529 g/mol. The molecule has 3 saturated heterocycles. The van der Waals surface area contributed by atoms with E-state index in [1.807, 2.05) is 0 Å². The third-order valence-electron chi connectivity index (χ3n) is 7.30. The molecule has 37 heavy (non-hydrogen) atoms. The first kappa shape index (κ1) is 25.6. The van der Waals surface area contributed by atoms with Gasteiger partial charge in [0.1, 0.15) is 17.6 Å². The van der Waals surface area contributed by atoms with Crippen molar-refractivity contribution in [1.82, 2.24) is 15.1 Å². The second-order valence-electron chi connectivity index (χ2n) is 9.64. The minimum Gasteiger partial charge on any atom is -0.376 e. The molecular weight excluding hydrogens is 501 g/mol. The van der Waals surface area contributed by atoms with Crippen molar-refractivity contribution in [3.8, 4) is 0 Å². The Balaban J connectivity index is 1.34. The van der Waals surface area contributed by atoms with Crippen LogP contribution in [0.5, 0.6) is 0 Å². The standard InChI is InChI=1S/C27H29ClFN3O5/c28-20-8-6-18(7-9-20)25(34)31-12-10-27(11-13-31)32(26(35)19-3-1-4-21(29)15-19)23(17-37-27)24(33)30-16-22-5-2-14-36-22/h1,3-4,6-9,15,22-23H,2,5,10-14,16-17H2,(H,30,33)/t22-,23+/m0/s1. The van der Waals surface area contributed by atoms with Gasteiger partial charge in [0, 0.05) is 55.2 Å². The number of hydrogen-bond donors (Lipinski definition) is 1. The Morgan fingerprint density at radius 2 is 1.81 bits per heavy atom. The lowest BCUT2D eigenvalue weighted by Crippen LogP contribution is -2.60. The quantitative estimate of drug-likeness (QED) is 0.642. The Morgan fingerprint density at radius 3 is 2.49 bits per heavy atom. The topological polar surface area (TPSA) is 88.2 Å². The maximum Gasteiger partial charge on any atom is 0.256 e. The highest BCUT2D eigenvalue weighted by molar-refractivity contribution is 6.30. The zero-order chi connectivity index (χ0) is 26.0. The van der Waals surface area contributed by atoms with E-state index >= 15 is 0 Å². The molecule has 3 heterocycles. The first-order chi connectivity index (χ1) is 17.9. The summed E-state index contributed by atoms with van der Waals surface area (Å²) in [6.07, 6.45) is 2.42. The van der Waals surface area contributed by atoms with Gasteiger partial charge in [-0.1, -0.05) is 17.7 Å². The summed E-state index contributed by atoms with van der Waals surface area (Å²) < 4.78 is 25.8. The summed E-state index contributed by atoms with van der Waals surface area (Å²) in [5.41, 5.74) is -0.417. The number of nitrogens with zero attached hydrogens (tertiary/aromatic N) is 2. The number of halogens is 2. The van der Waals surface area contributed by atoms with Gasteiger partial charge in [-0.2, -0.15) is 0 Å². The number of rotatable bonds is 5. The second kappa shape index (κ2) is 10.8. The van der Waals surface area contributed by atoms with Crippen LogP contribution in [0.15, 0.2) is 48.5 Å². The van der Waals surface area contributed by atoms with Crippen LogP contribution in [0.3, 0.4) is 0 Å². The highest BCUT2D eigenvalue weighted by atomic mass is 35.5. The van der Waals surface area contributed by atoms with Crippen molar-refractivity contribution in [1.29, 1.82) is 0 Å². The molecule has 196 valence electrons. The van der Waals surface area contributed by atoms with Crippen molar-refractivity contribution in [3.05, 3.63) is 70.5 Å². The number of carbonyl (C=O) groups excluding carboxylic acids is 3. The molecule has 2 aromatic rings. The summed E-state index contributed by atoms with van der Waals surface area (Å²) in [4.78, 5) is 43.1. The predicted molar refractivity (Wildman–Crippen MR) is 134 cm³/mol. The minimum absolute atomic E-state index is 0.0174. The van der Waals surface area contributed by atoms with E-state index in [4.69, 9.17) is 21.1 Å². The molecule has 2 atom stereocenters. The maximum absolute atomic E-state index is 14.0. The molecule has 3 amide bonds. The van der Waals surface area contributed by atoms with Gasteiger partial charge in [0.25, 0.3) is 11.8 Å². The second-order valence-corrected chi connectivity index (χ2v) is 10.1. The fourth-order valence-corrected chi connectivity index (χ4v) is 5.43. The van der Waals surface area contributed by atoms with Crippen LogP contribution >= 0.6 is 11.6 Å². The van der Waals surface area contributed by atoms with Crippen LogP contribution < -0.4 is 5.32 Å². The molecule has 3 aliphatic heterocycles. The average molecular weight is 530 g/mol. The lowest BCUT2D eigenvalue weighted by atomic mass is 9.96. The number of ether oxygens (including phenoxy) is 2. The van der Waals surface area contributed by atoms with E-state index in [1.54, 1.807) is 29.2 Å². The van der Waals surface area contributed by atoms with Gasteiger partial charge in [-0.3, -0.25) is 19.3 Å². The van der Waals surface area contributed by atoms with Crippen LogP contribution in [0.1, 0.15) is 46.4 Å². The van der Waals surface area contributed by atoms with E-state index in [9.17, 15) is 18.8 Å². The van der Waals surface area contributed by atoms with Crippen molar-refractivity contribution in [3.63, 3.8) is 0 Å². The van der Waals surface area contributed by atoms with E-state index in [0.717, 1.165) is 18.9 Å². The molecule has 3 aliphatic rings. The van der Waals surface area contributed by atoms with Crippen LogP contribution in [-0.4, -0.2) is 78.2 Å². The summed E-state index contributed by atoms with van der Waals surface area (Å²) in [5.74, 6) is -1.50. The van der Waals surface area contributed by atoms with E-state index in [-0.39, 0.29) is 30.1 Å². The van der Waals surface area contributed by atoms with Crippen LogP contribution in [-0.2, 0) is 14.3 Å². The first-order valence-electron chi connectivity index (χ1n) is 12.5. The average Bonchev–Trinajstić information content (AvgIpc) is 3.56. The molecule has 0 saturated carbocycles. The molecule has 0 bridgehead atoms. The fraction of sp³-hybridized carbons (Fsp3) is 0.444. The summed E-state index contributed by atoms with van der Waals surface area (Å²) in [6, 6.07) is 11.2. The summed E-state index contributed by atoms with van der Waals surface area (Å²) in [5, 5.41) is 3.45. The molecule has 0 aliphatic carbocycles. The van der Waals surface area contributed by atoms with Gasteiger partial charge in [-0.15, -0.1) is 0 Å². The molecule has 10 heteroatoms. The normalized spacial score (nSPS) is 22.9. The Bertz CT molecular complexity index is 1160. The highest BCUT2D eigenvalue weighted by Crippen LogP contribution is 2.39. The lowest BCUT2D eigenvalue weighted by Gasteiger charge is -2.44. The molecule has 2 aromatic carbocycles. The van der Waals surface area contributed by atoms with Gasteiger partial charge in [-0.05, 0) is 55.3 Å². The maximum atomic E-state index is 14.0. The third-order valence-corrected chi connectivity index (χ3v) is 7.56. The zero-order valence-electron chi connectivity index (χ0n) is 20.3. The van der Waals surface area contributed by atoms with Crippen molar-refractivity contribution in [2.45, 2.75) is 43.6 Å². The van der Waals surface area contributed by atoms with Crippen molar-refractivity contribution >= 4 is 29.3 Å². The molecule has 1 N–H and O–H groups in total. The molecule has 1 spiro atoms. The van der Waals surface area contributed by atoms with Gasteiger partial charge in [0.2, 0.25) is 5.91 Å².